The molecule has 2 rings (SSSR count). The van der Waals surface area contributed by atoms with Crippen molar-refractivity contribution in [3.8, 4) is 0 Å². The van der Waals surface area contributed by atoms with Crippen LogP contribution in [0.4, 0.5) is 0 Å². The molecule has 1 aliphatic heterocycles. The summed E-state index contributed by atoms with van der Waals surface area (Å²) in [4.78, 5) is 12.1. The quantitative estimate of drug-likeness (QED) is 0.806. The van der Waals surface area contributed by atoms with Gasteiger partial charge in [0, 0.05) is 12.5 Å². The van der Waals surface area contributed by atoms with Gasteiger partial charge < -0.3 is 10.6 Å². The first kappa shape index (κ1) is 13.9. The first-order chi connectivity index (χ1) is 8.79. The van der Waals surface area contributed by atoms with E-state index in [0.717, 1.165) is 38.4 Å². The Bertz CT molecular complexity index is 253. The minimum Gasteiger partial charge on any atom is -0.356 e. The van der Waals surface area contributed by atoms with Crippen molar-refractivity contribution in [3.05, 3.63) is 0 Å². The zero-order chi connectivity index (χ0) is 12.8. The van der Waals surface area contributed by atoms with Gasteiger partial charge in [0.05, 0.1) is 0 Å². The van der Waals surface area contributed by atoms with Gasteiger partial charge in [-0.15, -0.1) is 0 Å². The van der Waals surface area contributed by atoms with Gasteiger partial charge in [0.15, 0.2) is 0 Å². The van der Waals surface area contributed by atoms with E-state index >= 15 is 0 Å². The lowest BCUT2D eigenvalue weighted by molar-refractivity contribution is -0.126. The molecule has 1 amide bonds. The summed E-state index contributed by atoms with van der Waals surface area (Å²) in [6, 6.07) is 0. The molecule has 0 aromatic rings. The highest BCUT2D eigenvalue weighted by molar-refractivity contribution is 5.78. The Labute approximate surface area is 111 Å². The predicted molar refractivity (Wildman–Crippen MR) is 74.3 cm³/mol. The summed E-state index contributed by atoms with van der Waals surface area (Å²) in [7, 11) is 0. The lowest BCUT2D eigenvalue weighted by Crippen LogP contribution is -2.39. The van der Waals surface area contributed by atoms with Crippen LogP contribution in [0.5, 0.6) is 0 Å². The molecule has 1 saturated carbocycles. The average molecular weight is 252 g/mol. The summed E-state index contributed by atoms with van der Waals surface area (Å²) in [5, 5.41) is 6.55. The van der Waals surface area contributed by atoms with Crippen LogP contribution in [-0.4, -0.2) is 25.5 Å². The molecular weight excluding hydrogens is 224 g/mol. The minimum absolute atomic E-state index is 0.300. The number of carbonyl (C=O) groups is 1. The van der Waals surface area contributed by atoms with Gasteiger partial charge in [-0.25, -0.2) is 0 Å². The van der Waals surface area contributed by atoms with E-state index in [-0.39, 0.29) is 0 Å². The third-order valence-electron chi connectivity index (χ3n) is 4.82. The van der Waals surface area contributed by atoms with E-state index in [9.17, 15) is 4.79 Å². The van der Waals surface area contributed by atoms with E-state index in [1.165, 1.54) is 32.1 Å². The highest BCUT2D eigenvalue weighted by Gasteiger charge is 2.25. The average Bonchev–Trinajstić information content (AvgIpc) is 2.46. The molecule has 2 fully saturated rings. The third-order valence-corrected chi connectivity index (χ3v) is 4.82. The molecule has 0 aromatic carbocycles. The zero-order valence-electron chi connectivity index (χ0n) is 11.7. The van der Waals surface area contributed by atoms with Crippen molar-refractivity contribution in [3.63, 3.8) is 0 Å². The first-order valence-corrected chi connectivity index (χ1v) is 7.78. The van der Waals surface area contributed by atoms with E-state index in [1.54, 1.807) is 0 Å². The summed E-state index contributed by atoms with van der Waals surface area (Å²) in [5.41, 5.74) is 0. The Kier molecular flexibility index (Phi) is 5.48. The maximum absolute atomic E-state index is 12.1. The van der Waals surface area contributed by atoms with Crippen molar-refractivity contribution >= 4 is 5.91 Å². The molecule has 1 heterocycles. The lowest BCUT2D eigenvalue weighted by Gasteiger charge is -2.28. The van der Waals surface area contributed by atoms with Crippen molar-refractivity contribution in [2.24, 2.45) is 17.8 Å². The molecule has 18 heavy (non-hydrogen) atoms. The molecule has 0 aromatic heterocycles. The van der Waals surface area contributed by atoms with Crippen LogP contribution >= 0.6 is 0 Å². The molecule has 0 bridgehead atoms. The Morgan fingerprint density at radius 1 is 1.06 bits per heavy atom. The van der Waals surface area contributed by atoms with Gasteiger partial charge in [0.25, 0.3) is 0 Å². The SMILES string of the molecule is CCC1CCC(C(=O)NCC2CCNCC2)CC1. The van der Waals surface area contributed by atoms with Gasteiger partial charge in [-0.1, -0.05) is 13.3 Å². The van der Waals surface area contributed by atoms with Gasteiger partial charge >= 0.3 is 0 Å². The molecule has 3 nitrogen and oxygen atoms in total. The summed E-state index contributed by atoms with van der Waals surface area (Å²) in [5.74, 6) is 2.19. The Morgan fingerprint density at radius 2 is 1.72 bits per heavy atom. The molecular formula is C15H28N2O. The predicted octanol–water partition coefficient (Wildman–Crippen LogP) is 2.32. The van der Waals surface area contributed by atoms with Crippen LogP contribution < -0.4 is 10.6 Å². The fourth-order valence-electron chi connectivity index (χ4n) is 3.31. The summed E-state index contributed by atoms with van der Waals surface area (Å²) < 4.78 is 0. The smallest absolute Gasteiger partial charge is 0.223 e. The third kappa shape index (κ3) is 3.98. The molecule has 0 radical (unpaired) electrons. The first-order valence-electron chi connectivity index (χ1n) is 7.78. The molecule has 0 atom stereocenters. The van der Waals surface area contributed by atoms with Crippen molar-refractivity contribution in [1.29, 1.82) is 0 Å². The second-order valence-electron chi connectivity index (χ2n) is 6.06. The number of nitrogens with one attached hydrogen (secondary N) is 2. The maximum atomic E-state index is 12.1. The van der Waals surface area contributed by atoms with Crippen LogP contribution in [0.1, 0.15) is 51.9 Å². The minimum atomic E-state index is 0.300. The van der Waals surface area contributed by atoms with Crippen LogP contribution in [0.15, 0.2) is 0 Å². The second kappa shape index (κ2) is 7.13. The van der Waals surface area contributed by atoms with Gasteiger partial charge in [-0.3, -0.25) is 4.79 Å². The fraction of sp³-hybridized carbons (Fsp3) is 0.933. The normalized spacial score (nSPS) is 30.1. The molecule has 0 unspecified atom stereocenters. The number of hydrogen-bond acceptors (Lipinski definition) is 2. The van der Waals surface area contributed by atoms with Gasteiger partial charge in [0.1, 0.15) is 0 Å². The van der Waals surface area contributed by atoms with Crippen LogP contribution in [0.3, 0.4) is 0 Å². The van der Waals surface area contributed by atoms with E-state index in [0.29, 0.717) is 17.7 Å². The maximum Gasteiger partial charge on any atom is 0.223 e. The number of piperidine rings is 1. The lowest BCUT2D eigenvalue weighted by atomic mass is 9.80. The molecule has 0 spiro atoms. The number of carbonyl (C=O) groups excluding carboxylic acids is 1. The van der Waals surface area contributed by atoms with Crippen molar-refractivity contribution < 1.29 is 4.79 Å². The zero-order valence-corrected chi connectivity index (χ0v) is 11.7. The van der Waals surface area contributed by atoms with Crippen molar-refractivity contribution in [2.45, 2.75) is 51.9 Å². The highest BCUT2D eigenvalue weighted by Crippen LogP contribution is 2.30. The van der Waals surface area contributed by atoms with Crippen LogP contribution in [0.2, 0.25) is 0 Å². The fourth-order valence-corrected chi connectivity index (χ4v) is 3.31. The molecule has 1 aliphatic carbocycles. The Balaban J connectivity index is 1.65. The van der Waals surface area contributed by atoms with Crippen molar-refractivity contribution in [1.82, 2.24) is 10.6 Å². The van der Waals surface area contributed by atoms with E-state index in [4.69, 9.17) is 0 Å². The van der Waals surface area contributed by atoms with E-state index in [2.05, 4.69) is 17.6 Å². The monoisotopic (exact) mass is 252 g/mol. The molecule has 104 valence electrons. The largest absolute Gasteiger partial charge is 0.356 e. The topological polar surface area (TPSA) is 41.1 Å². The van der Waals surface area contributed by atoms with Crippen LogP contribution in [0.25, 0.3) is 0 Å². The number of rotatable bonds is 4. The van der Waals surface area contributed by atoms with E-state index in [1.807, 2.05) is 0 Å². The number of hydrogen-bond donors (Lipinski definition) is 2. The Hall–Kier alpha value is -0.570. The summed E-state index contributed by atoms with van der Waals surface area (Å²) >= 11 is 0. The van der Waals surface area contributed by atoms with Crippen LogP contribution in [-0.2, 0) is 4.79 Å². The van der Waals surface area contributed by atoms with Crippen LogP contribution in [0, 0.1) is 17.8 Å². The second-order valence-corrected chi connectivity index (χ2v) is 6.06. The Morgan fingerprint density at radius 3 is 2.33 bits per heavy atom. The van der Waals surface area contributed by atoms with Gasteiger partial charge in [-0.2, -0.15) is 0 Å². The van der Waals surface area contributed by atoms with E-state index < -0.39 is 0 Å². The van der Waals surface area contributed by atoms with Gasteiger partial charge in [-0.05, 0) is 63.5 Å². The van der Waals surface area contributed by atoms with Gasteiger partial charge in [0.2, 0.25) is 5.91 Å². The molecule has 1 saturated heterocycles. The summed E-state index contributed by atoms with van der Waals surface area (Å²) in [6.07, 6.45) is 8.42. The summed E-state index contributed by atoms with van der Waals surface area (Å²) in [6.45, 7) is 5.39. The van der Waals surface area contributed by atoms with Crippen molar-refractivity contribution in [2.75, 3.05) is 19.6 Å². The number of amides is 1. The highest BCUT2D eigenvalue weighted by atomic mass is 16.1. The molecule has 2 N–H and O–H groups in total. The molecule has 2 aliphatic rings. The molecule has 3 heteroatoms. The standard InChI is InChI=1S/C15H28N2O/c1-2-12-3-5-14(6-4-12)15(18)17-11-13-7-9-16-10-8-13/h12-14,16H,2-11H2,1H3,(H,17,18).